The third-order valence-corrected chi connectivity index (χ3v) is 3.89. The van der Waals surface area contributed by atoms with Crippen LogP contribution in [0.4, 0.5) is 0 Å². The number of hydrogen-bond donors (Lipinski definition) is 1. The summed E-state index contributed by atoms with van der Waals surface area (Å²) >= 11 is 0. The van der Waals surface area contributed by atoms with Crippen LogP contribution in [0.5, 0.6) is 5.75 Å². The van der Waals surface area contributed by atoms with E-state index in [1.54, 1.807) is 7.11 Å². The van der Waals surface area contributed by atoms with Crippen LogP contribution in [-0.2, 0) is 0 Å². The number of para-hydroxylation sites is 2. The molecule has 1 heterocycles. The molecule has 0 saturated carbocycles. The summed E-state index contributed by atoms with van der Waals surface area (Å²) in [7, 11) is 1.66. The standard InChI is InChI=1S/C18H21N3O/c1-12(2)21-16-7-5-4-6-15(16)20-18(21)17(19)13-8-10-14(22-3)11-9-13/h4-12,17H,19H2,1-3H3. The molecular formula is C18H21N3O. The van der Waals surface area contributed by atoms with Crippen LogP contribution in [0.25, 0.3) is 11.0 Å². The van der Waals surface area contributed by atoms with Gasteiger partial charge >= 0.3 is 0 Å². The number of ether oxygens (including phenoxy) is 1. The van der Waals surface area contributed by atoms with Gasteiger partial charge in [-0.15, -0.1) is 0 Å². The first-order valence-corrected chi connectivity index (χ1v) is 7.48. The maximum atomic E-state index is 6.49. The van der Waals surface area contributed by atoms with Crippen molar-refractivity contribution in [3.05, 3.63) is 59.9 Å². The first kappa shape index (κ1) is 14.6. The molecule has 0 fully saturated rings. The van der Waals surface area contributed by atoms with Crippen LogP contribution in [-0.4, -0.2) is 16.7 Å². The van der Waals surface area contributed by atoms with Gasteiger partial charge in [-0.25, -0.2) is 4.98 Å². The number of aromatic nitrogens is 2. The Morgan fingerprint density at radius 1 is 1.05 bits per heavy atom. The normalized spacial score (nSPS) is 12.8. The van der Waals surface area contributed by atoms with E-state index in [4.69, 9.17) is 15.5 Å². The van der Waals surface area contributed by atoms with Crippen molar-refractivity contribution >= 4 is 11.0 Å². The molecule has 1 unspecified atom stereocenters. The van der Waals surface area contributed by atoms with Crippen LogP contribution in [0.3, 0.4) is 0 Å². The zero-order valence-electron chi connectivity index (χ0n) is 13.2. The molecule has 0 spiro atoms. The van der Waals surface area contributed by atoms with Gasteiger partial charge in [0.25, 0.3) is 0 Å². The van der Waals surface area contributed by atoms with Crippen molar-refractivity contribution in [2.75, 3.05) is 7.11 Å². The highest BCUT2D eigenvalue weighted by Gasteiger charge is 2.20. The highest BCUT2D eigenvalue weighted by molar-refractivity contribution is 5.76. The Kier molecular flexibility index (Phi) is 3.86. The van der Waals surface area contributed by atoms with E-state index in [0.717, 1.165) is 28.2 Å². The van der Waals surface area contributed by atoms with E-state index in [0.29, 0.717) is 6.04 Å². The van der Waals surface area contributed by atoms with Crippen molar-refractivity contribution in [1.29, 1.82) is 0 Å². The molecule has 114 valence electrons. The SMILES string of the molecule is COc1ccc(C(N)c2nc3ccccc3n2C(C)C)cc1. The molecule has 3 aromatic rings. The van der Waals surface area contributed by atoms with Gasteiger partial charge in [0, 0.05) is 6.04 Å². The summed E-state index contributed by atoms with van der Waals surface area (Å²) in [6.07, 6.45) is 0. The molecule has 0 radical (unpaired) electrons. The average molecular weight is 295 g/mol. The number of nitrogens with two attached hydrogens (primary N) is 1. The van der Waals surface area contributed by atoms with E-state index in [1.165, 1.54) is 0 Å². The maximum absolute atomic E-state index is 6.49. The van der Waals surface area contributed by atoms with E-state index >= 15 is 0 Å². The summed E-state index contributed by atoms with van der Waals surface area (Å²) in [6.45, 7) is 4.30. The smallest absolute Gasteiger partial charge is 0.131 e. The number of rotatable bonds is 4. The molecule has 22 heavy (non-hydrogen) atoms. The third kappa shape index (κ3) is 2.46. The molecule has 0 saturated heterocycles. The Bertz CT molecular complexity index is 775. The lowest BCUT2D eigenvalue weighted by molar-refractivity contribution is 0.414. The molecule has 2 aromatic carbocycles. The van der Waals surface area contributed by atoms with Crippen LogP contribution >= 0.6 is 0 Å². The van der Waals surface area contributed by atoms with Crippen molar-refractivity contribution < 1.29 is 4.74 Å². The molecule has 0 aliphatic heterocycles. The Balaban J connectivity index is 2.09. The third-order valence-electron chi connectivity index (χ3n) is 3.89. The van der Waals surface area contributed by atoms with Gasteiger partial charge in [0.15, 0.2) is 0 Å². The number of hydrogen-bond acceptors (Lipinski definition) is 3. The predicted molar refractivity (Wildman–Crippen MR) is 89.1 cm³/mol. The Morgan fingerprint density at radius 3 is 2.36 bits per heavy atom. The van der Waals surface area contributed by atoms with E-state index in [9.17, 15) is 0 Å². The molecule has 0 aliphatic rings. The number of methoxy groups -OCH3 is 1. The van der Waals surface area contributed by atoms with E-state index in [2.05, 4.69) is 24.5 Å². The molecule has 2 N–H and O–H groups in total. The summed E-state index contributed by atoms with van der Waals surface area (Å²) in [5.74, 6) is 1.72. The predicted octanol–water partition coefficient (Wildman–Crippen LogP) is 3.67. The Morgan fingerprint density at radius 2 is 1.73 bits per heavy atom. The summed E-state index contributed by atoms with van der Waals surface area (Å²) in [6, 6.07) is 16.0. The monoisotopic (exact) mass is 295 g/mol. The number of fused-ring (bicyclic) bond motifs is 1. The number of benzene rings is 2. The van der Waals surface area contributed by atoms with E-state index in [1.807, 2.05) is 42.5 Å². The first-order valence-electron chi connectivity index (χ1n) is 7.48. The highest BCUT2D eigenvalue weighted by Crippen LogP contribution is 2.28. The van der Waals surface area contributed by atoms with Gasteiger partial charge in [0.2, 0.25) is 0 Å². The lowest BCUT2D eigenvalue weighted by atomic mass is 10.1. The van der Waals surface area contributed by atoms with Crippen LogP contribution in [0.1, 0.15) is 37.3 Å². The van der Waals surface area contributed by atoms with Crippen LogP contribution in [0.2, 0.25) is 0 Å². The molecule has 3 rings (SSSR count). The quantitative estimate of drug-likeness (QED) is 0.799. The summed E-state index contributed by atoms with van der Waals surface area (Å²) in [5, 5.41) is 0. The van der Waals surface area contributed by atoms with Crippen molar-refractivity contribution in [2.24, 2.45) is 5.73 Å². The van der Waals surface area contributed by atoms with Crippen LogP contribution < -0.4 is 10.5 Å². The van der Waals surface area contributed by atoms with Gasteiger partial charge in [-0.05, 0) is 43.7 Å². The topological polar surface area (TPSA) is 53.1 Å². The van der Waals surface area contributed by atoms with Gasteiger partial charge in [-0.3, -0.25) is 0 Å². The van der Waals surface area contributed by atoms with Gasteiger partial charge in [0.05, 0.1) is 24.2 Å². The second-order valence-corrected chi connectivity index (χ2v) is 5.67. The average Bonchev–Trinajstić information content (AvgIpc) is 2.94. The zero-order chi connectivity index (χ0) is 15.7. The maximum Gasteiger partial charge on any atom is 0.131 e. The molecule has 0 amide bonds. The van der Waals surface area contributed by atoms with Crippen molar-refractivity contribution in [3.8, 4) is 5.75 Å². The van der Waals surface area contributed by atoms with Crippen LogP contribution in [0.15, 0.2) is 48.5 Å². The fraction of sp³-hybridized carbons (Fsp3) is 0.278. The second kappa shape index (κ2) is 5.81. The van der Waals surface area contributed by atoms with Crippen molar-refractivity contribution in [2.45, 2.75) is 25.9 Å². The molecular weight excluding hydrogens is 274 g/mol. The number of imidazole rings is 1. The number of nitrogens with zero attached hydrogens (tertiary/aromatic N) is 2. The van der Waals surface area contributed by atoms with Gasteiger partial charge in [0.1, 0.15) is 11.6 Å². The minimum Gasteiger partial charge on any atom is -0.497 e. The lowest BCUT2D eigenvalue weighted by Gasteiger charge is -2.18. The molecule has 1 aromatic heterocycles. The fourth-order valence-corrected chi connectivity index (χ4v) is 2.79. The zero-order valence-corrected chi connectivity index (χ0v) is 13.2. The van der Waals surface area contributed by atoms with E-state index in [-0.39, 0.29) is 6.04 Å². The summed E-state index contributed by atoms with van der Waals surface area (Å²) in [5.41, 5.74) is 9.62. The minimum absolute atomic E-state index is 0.263. The molecule has 4 nitrogen and oxygen atoms in total. The first-order chi connectivity index (χ1) is 10.6. The highest BCUT2D eigenvalue weighted by atomic mass is 16.5. The molecule has 1 atom stereocenters. The summed E-state index contributed by atoms with van der Waals surface area (Å²) < 4.78 is 7.42. The fourth-order valence-electron chi connectivity index (χ4n) is 2.79. The van der Waals surface area contributed by atoms with Crippen LogP contribution in [0, 0.1) is 0 Å². The summed E-state index contributed by atoms with van der Waals surface area (Å²) in [4.78, 5) is 4.76. The second-order valence-electron chi connectivity index (χ2n) is 5.67. The van der Waals surface area contributed by atoms with E-state index < -0.39 is 0 Å². The Labute approximate surface area is 130 Å². The van der Waals surface area contributed by atoms with Crippen molar-refractivity contribution in [3.63, 3.8) is 0 Å². The molecule has 0 bridgehead atoms. The van der Waals surface area contributed by atoms with Gasteiger partial charge in [-0.1, -0.05) is 24.3 Å². The molecule has 0 aliphatic carbocycles. The lowest BCUT2D eigenvalue weighted by Crippen LogP contribution is -2.19. The molecule has 4 heteroatoms. The van der Waals surface area contributed by atoms with Gasteiger partial charge < -0.3 is 15.0 Å². The largest absolute Gasteiger partial charge is 0.497 e. The van der Waals surface area contributed by atoms with Crippen molar-refractivity contribution in [1.82, 2.24) is 9.55 Å². The Hall–Kier alpha value is -2.33. The minimum atomic E-state index is -0.263. The van der Waals surface area contributed by atoms with Gasteiger partial charge in [-0.2, -0.15) is 0 Å².